The Labute approximate surface area is 108 Å². The standard InChI is InChI=1S/C11H21N3O3S/c1-2-10-11(15)13-6-7-14(10)18(16,17)9-4-3-5-12-8-9/h9-10,12H,2-8H2,1H3,(H,13,15). The number of nitrogens with zero attached hydrogens (tertiary/aromatic N) is 1. The topological polar surface area (TPSA) is 78.5 Å². The summed E-state index contributed by atoms with van der Waals surface area (Å²) in [5, 5.41) is 5.46. The van der Waals surface area contributed by atoms with Crippen molar-refractivity contribution in [3.63, 3.8) is 0 Å². The Kier molecular flexibility index (Phi) is 4.24. The van der Waals surface area contributed by atoms with Crippen LogP contribution in [0.4, 0.5) is 0 Å². The summed E-state index contributed by atoms with van der Waals surface area (Å²) in [5.41, 5.74) is 0. The largest absolute Gasteiger partial charge is 0.353 e. The summed E-state index contributed by atoms with van der Waals surface area (Å²) in [5.74, 6) is -0.170. The Morgan fingerprint density at radius 2 is 2.17 bits per heavy atom. The molecular formula is C11H21N3O3S. The van der Waals surface area contributed by atoms with E-state index in [2.05, 4.69) is 10.6 Å². The molecule has 2 rings (SSSR count). The Hall–Kier alpha value is -0.660. The number of hydrogen-bond acceptors (Lipinski definition) is 4. The van der Waals surface area contributed by atoms with Crippen molar-refractivity contribution in [2.24, 2.45) is 0 Å². The summed E-state index contributed by atoms with van der Waals surface area (Å²) in [6.07, 6.45) is 2.08. The Morgan fingerprint density at radius 1 is 1.39 bits per heavy atom. The lowest BCUT2D eigenvalue weighted by atomic mass is 10.2. The minimum Gasteiger partial charge on any atom is -0.353 e. The lowest BCUT2D eigenvalue weighted by molar-refractivity contribution is -0.126. The summed E-state index contributed by atoms with van der Waals surface area (Å²) >= 11 is 0. The molecule has 0 aromatic heterocycles. The minimum atomic E-state index is -3.37. The first-order valence-corrected chi connectivity index (χ1v) is 8.06. The minimum absolute atomic E-state index is 0.170. The van der Waals surface area contributed by atoms with Crippen molar-refractivity contribution < 1.29 is 13.2 Å². The molecule has 6 nitrogen and oxygen atoms in total. The maximum atomic E-state index is 12.6. The quantitative estimate of drug-likeness (QED) is 0.712. The van der Waals surface area contributed by atoms with Gasteiger partial charge < -0.3 is 10.6 Å². The van der Waals surface area contributed by atoms with Crippen LogP contribution in [0, 0.1) is 0 Å². The van der Waals surface area contributed by atoms with Gasteiger partial charge in [0, 0.05) is 19.6 Å². The van der Waals surface area contributed by atoms with E-state index in [0.717, 1.165) is 13.0 Å². The molecule has 2 aliphatic rings. The number of sulfonamides is 1. The third kappa shape index (κ3) is 2.53. The molecule has 0 bridgehead atoms. The van der Waals surface area contributed by atoms with E-state index in [1.54, 1.807) is 0 Å². The van der Waals surface area contributed by atoms with Gasteiger partial charge in [-0.1, -0.05) is 6.92 Å². The fourth-order valence-electron chi connectivity index (χ4n) is 2.65. The highest BCUT2D eigenvalue weighted by Gasteiger charge is 2.40. The molecule has 0 radical (unpaired) electrons. The first kappa shape index (κ1) is 13.8. The highest BCUT2D eigenvalue weighted by Crippen LogP contribution is 2.21. The van der Waals surface area contributed by atoms with Crippen molar-refractivity contribution in [3.05, 3.63) is 0 Å². The average Bonchev–Trinajstić information content (AvgIpc) is 2.39. The van der Waals surface area contributed by atoms with Crippen LogP contribution in [0.5, 0.6) is 0 Å². The van der Waals surface area contributed by atoms with E-state index in [1.165, 1.54) is 4.31 Å². The molecule has 7 heteroatoms. The number of piperidine rings is 1. The molecule has 18 heavy (non-hydrogen) atoms. The number of carbonyl (C=O) groups excluding carboxylic acids is 1. The smallest absolute Gasteiger partial charge is 0.238 e. The van der Waals surface area contributed by atoms with Crippen molar-refractivity contribution in [1.82, 2.24) is 14.9 Å². The van der Waals surface area contributed by atoms with Gasteiger partial charge in [0.25, 0.3) is 0 Å². The van der Waals surface area contributed by atoms with E-state index < -0.39 is 16.1 Å². The van der Waals surface area contributed by atoms with E-state index >= 15 is 0 Å². The highest BCUT2D eigenvalue weighted by molar-refractivity contribution is 7.89. The van der Waals surface area contributed by atoms with E-state index in [1.807, 2.05) is 6.92 Å². The van der Waals surface area contributed by atoms with Gasteiger partial charge in [-0.15, -0.1) is 0 Å². The van der Waals surface area contributed by atoms with E-state index in [-0.39, 0.29) is 11.2 Å². The molecule has 2 unspecified atom stereocenters. The monoisotopic (exact) mass is 275 g/mol. The SMILES string of the molecule is CCC1C(=O)NCCN1S(=O)(=O)C1CCCNC1. The fourth-order valence-corrected chi connectivity index (χ4v) is 4.77. The molecule has 2 aliphatic heterocycles. The molecule has 0 saturated carbocycles. The van der Waals surface area contributed by atoms with Gasteiger partial charge in [-0.2, -0.15) is 4.31 Å². The van der Waals surface area contributed by atoms with Crippen LogP contribution in [0.15, 0.2) is 0 Å². The number of amides is 1. The third-order valence-electron chi connectivity index (χ3n) is 3.67. The van der Waals surface area contributed by atoms with Gasteiger partial charge in [0.1, 0.15) is 6.04 Å². The molecule has 0 spiro atoms. The van der Waals surface area contributed by atoms with Crippen molar-refractivity contribution in [3.8, 4) is 0 Å². The molecule has 2 fully saturated rings. The number of hydrogen-bond donors (Lipinski definition) is 2. The van der Waals surface area contributed by atoms with Crippen LogP contribution in [-0.2, 0) is 14.8 Å². The molecule has 2 atom stereocenters. The van der Waals surface area contributed by atoms with Crippen LogP contribution < -0.4 is 10.6 Å². The van der Waals surface area contributed by atoms with E-state index in [4.69, 9.17) is 0 Å². The van der Waals surface area contributed by atoms with Crippen LogP contribution in [0.25, 0.3) is 0 Å². The zero-order valence-corrected chi connectivity index (χ0v) is 11.5. The summed E-state index contributed by atoms with van der Waals surface area (Å²) < 4.78 is 26.5. The van der Waals surface area contributed by atoms with Gasteiger partial charge in [-0.05, 0) is 25.8 Å². The zero-order chi connectivity index (χ0) is 13.2. The Balaban J connectivity index is 2.19. The summed E-state index contributed by atoms with van der Waals surface area (Å²) in [6.45, 7) is 4.02. The number of carbonyl (C=O) groups is 1. The molecule has 0 aliphatic carbocycles. The second-order valence-electron chi connectivity index (χ2n) is 4.84. The van der Waals surface area contributed by atoms with Crippen molar-refractivity contribution >= 4 is 15.9 Å². The molecule has 0 aromatic carbocycles. The van der Waals surface area contributed by atoms with Gasteiger partial charge in [0.2, 0.25) is 15.9 Å². The lowest BCUT2D eigenvalue weighted by Crippen LogP contribution is -2.59. The van der Waals surface area contributed by atoms with Crippen molar-refractivity contribution in [1.29, 1.82) is 0 Å². The van der Waals surface area contributed by atoms with E-state index in [0.29, 0.717) is 32.5 Å². The van der Waals surface area contributed by atoms with Crippen LogP contribution >= 0.6 is 0 Å². The van der Waals surface area contributed by atoms with Crippen molar-refractivity contribution in [2.45, 2.75) is 37.5 Å². The Morgan fingerprint density at radius 3 is 2.78 bits per heavy atom. The molecular weight excluding hydrogens is 254 g/mol. The van der Waals surface area contributed by atoms with Crippen molar-refractivity contribution in [2.75, 3.05) is 26.2 Å². The first-order valence-electron chi connectivity index (χ1n) is 6.56. The first-order chi connectivity index (χ1) is 8.57. The van der Waals surface area contributed by atoms with Crippen LogP contribution in [0.2, 0.25) is 0 Å². The molecule has 0 aromatic rings. The Bertz CT molecular complexity index is 404. The summed E-state index contributed by atoms with van der Waals surface area (Å²) in [6, 6.07) is -0.536. The van der Waals surface area contributed by atoms with Gasteiger partial charge >= 0.3 is 0 Å². The van der Waals surface area contributed by atoms with Gasteiger partial charge in [-0.3, -0.25) is 4.79 Å². The second kappa shape index (κ2) is 5.54. The number of rotatable bonds is 3. The van der Waals surface area contributed by atoms with Gasteiger partial charge in [-0.25, -0.2) is 8.42 Å². The van der Waals surface area contributed by atoms with E-state index in [9.17, 15) is 13.2 Å². The van der Waals surface area contributed by atoms with Crippen LogP contribution in [0.3, 0.4) is 0 Å². The number of nitrogens with one attached hydrogen (secondary N) is 2. The molecule has 2 saturated heterocycles. The normalized spacial score (nSPS) is 31.1. The summed E-state index contributed by atoms with van der Waals surface area (Å²) in [7, 11) is -3.37. The molecule has 104 valence electrons. The average molecular weight is 275 g/mol. The predicted octanol–water partition coefficient (Wildman–Crippen LogP) is -0.721. The summed E-state index contributed by atoms with van der Waals surface area (Å²) in [4.78, 5) is 11.7. The van der Waals surface area contributed by atoms with Gasteiger partial charge in [0.15, 0.2) is 0 Å². The van der Waals surface area contributed by atoms with Crippen LogP contribution in [-0.4, -0.2) is 56.1 Å². The van der Waals surface area contributed by atoms with Crippen LogP contribution in [0.1, 0.15) is 26.2 Å². The maximum absolute atomic E-state index is 12.6. The molecule has 2 heterocycles. The predicted molar refractivity (Wildman–Crippen MR) is 68.6 cm³/mol. The highest BCUT2D eigenvalue weighted by atomic mass is 32.2. The third-order valence-corrected chi connectivity index (χ3v) is 6.00. The zero-order valence-electron chi connectivity index (χ0n) is 10.7. The fraction of sp³-hybridized carbons (Fsp3) is 0.909. The lowest BCUT2D eigenvalue weighted by Gasteiger charge is -2.37. The maximum Gasteiger partial charge on any atom is 0.238 e. The second-order valence-corrected chi connectivity index (χ2v) is 7.00. The number of piperazine rings is 1. The van der Waals surface area contributed by atoms with Gasteiger partial charge in [0.05, 0.1) is 5.25 Å². The molecule has 1 amide bonds. The molecule has 2 N–H and O–H groups in total.